The highest BCUT2D eigenvalue weighted by Gasteiger charge is 2.51. The lowest BCUT2D eigenvalue weighted by molar-refractivity contribution is 0.590. The first kappa shape index (κ1) is 62.4. The fourth-order valence-electron chi connectivity index (χ4n) is 16.3. The molecular formula is C93H84BN3OS. The Balaban J connectivity index is 0.996. The third-order valence-electron chi connectivity index (χ3n) is 21.6. The van der Waals surface area contributed by atoms with E-state index in [1.54, 1.807) is 0 Å². The predicted molar refractivity (Wildman–Crippen MR) is 426 cm³/mol. The summed E-state index contributed by atoms with van der Waals surface area (Å²) < 4.78 is 9.92. The highest BCUT2D eigenvalue weighted by atomic mass is 32.1. The molecule has 14 aromatic rings. The van der Waals surface area contributed by atoms with E-state index < -0.39 is 0 Å². The molecule has 12 aromatic carbocycles. The Morgan fingerprint density at radius 1 is 0.374 bits per heavy atom. The van der Waals surface area contributed by atoms with Crippen LogP contribution in [0.2, 0.25) is 0 Å². The second kappa shape index (κ2) is 22.4. The maximum absolute atomic E-state index is 7.42. The van der Waals surface area contributed by atoms with Gasteiger partial charge < -0.3 is 19.0 Å². The molecule has 4 heterocycles. The van der Waals surface area contributed by atoms with Gasteiger partial charge in [0.2, 0.25) is 0 Å². The number of rotatable bonds is 8. The van der Waals surface area contributed by atoms with E-state index in [1.165, 1.54) is 109 Å². The number of hydrogen-bond acceptors (Lipinski definition) is 5. The summed E-state index contributed by atoms with van der Waals surface area (Å²) in [6, 6.07) is 97.2. The molecule has 0 bridgehead atoms. The van der Waals surface area contributed by atoms with Crippen molar-refractivity contribution in [3.63, 3.8) is 0 Å². The lowest BCUT2D eigenvalue weighted by atomic mass is 9.42. The van der Waals surface area contributed by atoms with Crippen molar-refractivity contribution in [2.45, 2.75) is 124 Å². The van der Waals surface area contributed by atoms with Crippen molar-refractivity contribution >= 4 is 106 Å². The van der Waals surface area contributed by atoms with Crippen LogP contribution in [0.5, 0.6) is 0 Å². The van der Waals surface area contributed by atoms with Crippen LogP contribution in [-0.2, 0) is 27.1 Å². The van der Waals surface area contributed by atoms with Gasteiger partial charge in [0.1, 0.15) is 11.5 Å². The van der Waals surface area contributed by atoms with Gasteiger partial charge in [-0.15, -0.1) is 11.3 Å². The Morgan fingerprint density at radius 3 is 1.45 bits per heavy atom. The minimum absolute atomic E-state index is 0.0236. The molecule has 4 nitrogen and oxygen atoms in total. The fourth-order valence-corrected chi connectivity index (χ4v) is 17.5. The average molecular weight is 1300 g/mol. The van der Waals surface area contributed by atoms with E-state index in [4.69, 9.17) is 4.42 Å². The van der Waals surface area contributed by atoms with E-state index in [0.717, 1.165) is 67.5 Å². The quantitative estimate of drug-likeness (QED) is 0.141. The van der Waals surface area contributed by atoms with Crippen molar-refractivity contribution in [2.75, 3.05) is 14.6 Å². The number of furan rings is 1. The van der Waals surface area contributed by atoms with Crippen molar-refractivity contribution in [3.8, 4) is 56.0 Å². The molecule has 2 aliphatic heterocycles. The van der Waals surface area contributed by atoms with Crippen LogP contribution >= 0.6 is 11.3 Å². The number of anilines is 8. The number of fused-ring (bicyclic) bond motifs is 12. The summed E-state index contributed by atoms with van der Waals surface area (Å²) in [7, 11) is 0. The Hall–Kier alpha value is -10.1. The van der Waals surface area contributed by atoms with E-state index in [1.807, 2.05) is 11.3 Å². The van der Waals surface area contributed by atoms with Gasteiger partial charge in [-0.25, -0.2) is 0 Å². The van der Waals surface area contributed by atoms with Gasteiger partial charge in [0.25, 0.3) is 0 Å². The van der Waals surface area contributed by atoms with Crippen LogP contribution in [0.3, 0.4) is 0 Å². The standard InChI is InChI=1S/C93H84BN3OS/c1-89(2,3)60-34-41-64(42-35-60)95(65-43-36-61(37-44-65)90(4,5)6)67-47-48-69-71-52-75-79(56-83(71)99-82(69)51-67)97(66-45-38-62(39-46-66)91(7,8)9)94-77-53-73-74(88(59-30-22-17-23-31-59)98-87(73)58-28-20-16-21-29-58)55-80(77)96(78-49-40-63(92(10,11)12)50-70(78)57-26-18-15-19-27-57)81-54-72-68-32-24-25-33-76(68)93(13,14)85(72)84(75)86(81)94/h15-56H,1-14H3. The summed E-state index contributed by atoms with van der Waals surface area (Å²) in [5.41, 5.74) is 28.6. The molecule has 0 amide bonds. The van der Waals surface area contributed by atoms with Gasteiger partial charge >= 0.3 is 6.85 Å². The van der Waals surface area contributed by atoms with Gasteiger partial charge in [-0.05, 0) is 173 Å². The van der Waals surface area contributed by atoms with Crippen LogP contribution in [0.15, 0.2) is 259 Å². The second-order valence-corrected chi connectivity index (χ2v) is 33.6. The normalized spacial score (nSPS) is 14.0. The predicted octanol–water partition coefficient (Wildman–Crippen LogP) is 25.5. The Labute approximate surface area is 589 Å². The van der Waals surface area contributed by atoms with Crippen molar-refractivity contribution in [2.24, 2.45) is 0 Å². The molecular weight excluding hydrogens is 1220 g/mol. The van der Waals surface area contributed by atoms with Crippen molar-refractivity contribution in [1.29, 1.82) is 0 Å². The molecule has 17 rings (SSSR count). The Bertz CT molecular complexity index is 5480. The smallest absolute Gasteiger partial charge is 0.333 e. The minimum Gasteiger partial charge on any atom is -0.455 e. The van der Waals surface area contributed by atoms with E-state index in [-0.39, 0.29) is 33.9 Å². The molecule has 2 aromatic heterocycles. The highest BCUT2D eigenvalue weighted by Crippen LogP contribution is 2.60. The summed E-state index contributed by atoms with van der Waals surface area (Å²) >= 11 is 1.91. The summed E-state index contributed by atoms with van der Waals surface area (Å²) in [5.74, 6) is 1.72. The zero-order valence-electron chi connectivity index (χ0n) is 59.5. The monoisotopic (exact) mass is 1300 g/mol. The third kappa shape index (κ3) is 10.1. The average Bonchev–Trinajstić information content (AvgIpc) is 1.65. The van der Waals surface area contributed by atoms with Crippen molar-refractivity contribution in [1.82, 2.24) is 0 Å². The van der Waals surface area contributed by atoms with E-state index in [2.05, 4.69) is 366 Å². The van der Waals surface area contributed by atoms with Crippen LogP contribution in [-0.4, -0.2) is 6.85 Å². The number of hydrogen-bond donors (Lipinski definition) is 0. The van der Waals surface area contributed by atoms with Crippen LogP contribution in [0.4, 0.5) is 45.5 Å². The molecule has 0 saturated heterocycles. The lowest BCUT2D eigenvalue weighted by Gasteiger charge is -2.47. The molecule has 0 unspecified atom stereocenters. The largest absolute Gasteiger partial charge is 0.455 e. The first-order valence-electron chi connectivity index (χ1n) is 35.3. The van der Waals surface area contributed by atoms with Crippen LogP contribution < -0.4 is 25.5 Å². The SMILES string of the molecule is CC(C)(C)c1ccc(N2B3c4cc5c(-c6ccccc6)oc(-c6ccccc6)c5cc4N(c4ccc(C(C)(C)C)cc4-c4ccccc4)c4cc5c(c(c43)-c3cc4c(cc32)sc2cc(N(c3ccc(C(C)(C)C)cc3)c3ccc(C(C)(C)C)cc3)ccc24)C(C)(C)c2ccccc2-5)cc1. The molecule has 1 aliphatic carbocycles. The second-order valence-electron chi connectivity index (χ2n) is 32.6. The molecule has 0 atom stereocenters. The maximum Gasteiger partial charge on any atom is 0.333 e. The van der Waals surface area contributed by atoms with Gasteiger partial charge in [0.05, 0.1) is 5.69 Å². The molecule has 0 fully saturated rings. The zero-order valence-corrected chi connectivity index (χ0v) is 60.3. The number of thiophene rings is 1. The Kier molecular flexibility index (Phi) is 14.1. The molecule has 0 spiro atoms. The van der Waals surface area contributed by atoms with Crippen LogP contribution in [0.25, 0.3) is 87.0 Å². The Morgan fingerprint density at radius 2 is 0.879 bits per heavy atom. The van der Waals surface area contributed by atoms with Crippen LogP contribution in [0, 0.1) is 0 Å². The van der Waals surface area contributed by atoms with E-state index in [9.17, 15) is 0 Å². The summed E-state index contributed by atoms with van der Waals surface area (Å²) in [5, 5.41) is 4.66. The summed E-state index contributed by atoms with van der Waals surface area (Å²) in [6.07, 6.45) is 0. The van der Waals surface area contributed by atoms with Gasteiger partial charge in [-0.3, -0.25) is 0 Å². The first-order valence-corrected chi connectivity index (χ1v) is 36.1. The fraction of sp³-hybridized carbons (Fsp3) is 0.204. The number of nitrogens with zero attached hydrogens (tertiary/aromatic N) is 3. The van der Waals surface area contributed by atoms with Gasteiger partial charge in [-0.1, -0.05) is 267 Å². The van der Waals surface area contributed by atoms with Gasteiger partial charge in [0, 0.05) is 98.4 Å². The number of benzene rings is 12. The third-order valence-corrected chi connectivity index (χ3v) is 22.8. The molecule has 0 radical (unpaired) electrons. The molecule has 99 heavy (non-hydrogen) atoms. The van der Waals surface area contributed by atoms with Gasteiger partial charge in [-0.2, -0.15) is 0 Å². The van der Waals surface area contributed by atoms with Crippen molar-refractivity contribution < 1.29 is 4.42 Å². The molecule has 0 N–H and O–H groups in total. The van der Waals surface area contributed by atoms with Gasteiger partial charge in [0.15, 0.2) is 0 Å². The minimum atomic E-state index is -0.372. The molecule has 3 aliphatic rings. The molecule has 486 valence electrons. The summed E-state index contributed by atoms with van der Waals surface area (Å²) in [4.78, 5) is 7.85. The molecule has 6 heteroatoms. The lowest BCUT2D eigenvalue weighted by Crippen LogP contribution is -2.62. The highest BCUT2D eigenvalue weighted by molar-refractivity contribution is 7.26. The summed E-state index contributed by atoms with van der Waals surface area (Å²) in [6.45, 7) is 32.4. The topological polar surface area (TPSA) is 22.9 Å². The van der Waals surface area contributed by atoms with Crippen LogP contribution in [0.1, 0.15) is 130 Å². The van der Waals surface area contributed by atoms with E-state index in [0.29, 0.717) is 0 Å². The zero-order chi connectivity index (χ0) is 68.4. The first-order chi connectivity index (χ1) is 47.4. The molecule has 0 saturated carbocycles. The van der Waals surface area contributed by atoms with E-state index >= 15 is 0 Å². The maximum atomic E-state index is 7.42. The van der Waals surface area contributed by atoms with Crippen molar-refractivity contribution in [3.05, 3.63) is 288 Å².